The molecule has 0 aliphatic carbocycles. The van der Waals surface area contributed by atoms with Gasteiger partial charge in [-0.3, -0.25) is 28.2 Å². The quantitative estimate of drug-likeness (QED) is 0.0942. The number of carbonyl (C=O) groups excluding carboxylic acids is 1. The van der Waals surface area contributed by atoms with Crippen molar-refractivity contribution in [2.75, 3.05) is 12.8 Å². The number of H-pyrrole nitrogens is 1. The molecule has 6 unspecified atom stereocenters. The lowest BCUT2D eigenvalue weighted by Gasteiger charge is -2.22. The minimum atomic E-state index is -6.15. The van der Waals surface area contributed by atoms with Gasteiger partial charge in [0, 0.05) is 12.3 Å². The van der Waals surface area contributed by atoms with Gasteiger partial charge >= 0.3 is 48.7 Å². The van der Waals surface area contributed by atoms with Crippen LogP contribution in [0.1, 0.15) is 23.0 Å². The number of aliphatic hydroxyl groups excluding tert-OH is 1. The average molecular weight is 724 g/mol. The van der Waals surface area contributed by atoms with Crippen molar-refractivity contribution in [3.8, 4) is 0 Å². The number of phosphoric acid groups is 3. The summed E-state index contributed by atoms with van der Waals surface area (Å²) in [5.41, 5.74) is -1.89. The first-order valence-electron chi connectivity index (χ1n) is 11.9. The highest BCUT2D eigenvalue weighted by atomic mass is 31.3. The number of aromatic nitrogens is 2. The molecule has 0 radical (unpaired) electrons. The van der Waals surface area contributed by atoms with Crippen molar-refractivity contribution in [1.29, 1.82) is 0 Å². The second-order valence-electron chi connectivity index (χ2n) is 8.76. The van der Waals surface area contributed by atoms with Crippen LogP contribution < -0.4 is 11.2 Å². The Kier molecular flexibility index (Phi) is 11.8. The molecule has 0 amide bonds. The molecule has 1 aliphatic rings. The average Bonchev–Trinajstić information content (AvgIpc) is 3.19. The molecule has 250 valence electrons. The van der Waals surface area contributed by atoms with Gasteiger partial charge in [0.05, 0.1) is 24.8 Å². The number of aromatic amines is 1. The molecule has 1 aromatic heterocycles. The van der Waals surface area contributed by atoms with E-state index < -0.39 is 98.0 Å². The van der Waals surface area contributed by atoms with Crippen molar-refractivity contribution in [3.63, 3.8) is 0 Å². The van der Waals surface area contributed by atoms with Crippen LogP contribution in [0.4, 0.5) is 0 Å². The third kappa shape index (κ3) is 11.0. The molecule has 1 aliphatic heterocycles. The standard InChI is InChI=1S/C19H24N2O20P4/c22-13-6-8-21(19(27)20-13)17-16(38-18(26)11-4-2-1-3-5-11)15(25)12(37-17)10-36-43(30,31)40-45(34,35)41-44(32,33)39-42(28,29)9-7-14(23)24/h1-6,8,12,15-17,25H,7,9-10H2,(H,23,24)(H,28,29)(H,30,31)(H,32,33)(H,34,35)(H,20,22,27)/t12-,15?,16?,17-/m1/s1. The molecular weight excluding hydrogens is 700 g/mol. The number of rotatable bonds is 15. The number of esters is 1. The van der Waals surface area contributed by atoms with Crippen LogP contribution in [0.15, 0.2) is 52.2 Å². The van der Waals surface area contributed by atoms with Crippen LogP contribution in [-0.4, -0.2) is 82.4 Å². The minimum Gasteiger partial charge on any atom is -0.481 e. The second-order valence-corrected chi connectivity index (χ2v) is 15.5. The number of carboxylic acid groups (broad SMARTS) is 1. The van der Waals surface area contributed by atoms with E-state index in [-0.39, 0.29) is 5.56 Å². The zero-order valence-corrected chi connectivity index (χ0v) is 25.7. The summed E-state index contributed by atoms with van der Waals surface area (Å²) in [7, 11) is -23.2. The Hall–Kier alpha value is -2.64. The smallest absolute Gasteiger partial charge is 0.481 e. The van der Waals surface area contributed by atoms with Crippen LogP contribution in [0.5, 0.6) is 0 Å². The number of ether oxygens (including phenoxy) is 2. The van der Waals surface area contributed by atoms with Gasteiger partial charge in [-0.25, -0.2) is 27.6 Å². The van der Waals surface area contributed by atoms with E-state index in [9.17, 15) is 62.1 Å². The van der Waals surface area contributed by atoms with Crippen LogP contribution in [0.25, 0.3) is 0 Å². The van der Waals surface area contributed by atoms with Crippen LogP contribution in [0.3, 0.4) is 0 Å². The van der Waals surface area contributed by atoms with Gasteiger partial charge in [-0.1, -0.05) is 18.2 Å². The van der Waals surface area contributed by atoms with E-state index >= 15 is 0 Å². The number of hydrogen-bond acceptors (Lipinski definition) is 15. The zero-order valence-electron chi connectivity index (χ0n) is 22.1. The summed E-state index contributed by atoms with van der Waals surface area (Å²) in [4.78, 5) is 87.4. The lowest BCUT2D eigenvalue weighted by molar-refractivity contribution is -0.136. The number of aliphatic hydroxyl groups is 1. The summed E-state index contributed by atoms with van der Waals surface area (Å²) < 4.78 is 75.3. The number of phosphoric ester groups is 1. The summed E-state index contributed by atoms with van der Waals surface area (Å²) in [6.45, 7) is -1.21. The Morgan fingerprint density at radius 3 is 2.11 bits per heavy atom. The number of benzene rings is 1. The van der Waals surface area contributed by atoms with E-state index in [1.807, 2.05) is 4.98 Å². The Labute approximate surface area is 250 Å². The third-order valence-corrected chi connectivity index (χ3v) is 11.8. The summed E-state index contributed by atoms with van der Waals surface area (Å²) >= 11 is 0. The molecule has 7 N–H and O–H groups in total. The van der Waals surface area contributed by atoms with Crippen LogP contribution in [0, 0.1) is 0 Å². The van der Waals surface area contributed by atoms with Gasteiger partial charge in [0.2, 0.25) is 0 Å². The fraction of sp³-hybridized carbons (Fsp3) is 0.368. The fourth-order valence-electron chi connectivity index (χ4n) is 3.52. The number of hydrogen-bond donors (Lipinski definition) is 7. The van der Waals surface area contributed by atoms with Crippen molar-refractivity contribution in [3.05, 3.63) is 69.0 Å². The first-order valence-corrected chi connectivity index (χ1v) is 18.2. The minimum absolute atomic E-state index is 0.00788. The van der Waals surface area contributed by atoms with Crippen LogP contribution in [-0.2, 0) is 50.0 Å². The lowest BCUT2D eigenvalue weighted by atomic mass is 10.1. The Balaban J connectivity index is 1.72. The van der Waals surface area contributed by atoms with E-state index in [1.54, 1.807) is 6.07 Å². The van der Waals surface area contributed by atoms with E-state index in [4.69, 9.17) is 14.6 Å². The van der Waals surface area contributed by atoms with Crippen molar-refractivity contribution < 1.29 is 84.6 Å². The third-order valence-electron chi connectivity index (χ3n) is 5.34. The monoisotopic (exact) mass is 724 g/mol. The molecule has 0 bridgehead atoms. The van der Waals surface area contributed by atoms with Gasteiger partial charge in [-0.05, 0) is 12.1 Å². The lowest BCUT2D eigenvalue weighted by Crippen LogP contribution is -2.40. The van der Waals surface area contributed by atoms with Gasteiger partial charge in [0.15, 0.2) is 12.3 Å². The summed E-state index contributed by atoms with van der Waals surface area (Å²) in [6, 6.07) is 8.16. The predicted molar refractivity (Wildman–Crippen MR) is 143 cm³/mol. The van der Waals surface area contributed by atoms with Crippen molar-refractivity contribution in [1.82, 2.24) is 9.55 Å². The number of nitrogens with zero attached hydrogens (tertiary/aromatic N) is 1. The van der Waals surface area contributed by atoms with Crippen molar-refractivity contribution in [2.24, 2.45) is 0 Å². The van der Waals surface area contributed by atoms with Gasteiger partial charge in [0.1, 0.15) is 12.2 Å². The molecule has 0 saturated carbocycles. The summed E-state index contributed by atoms with van der Waals surface area (Å²) in [5, 5.41) is 19.3. The second kappa shape index (κ2) is 14.4. The molecule has 26 heteroatoms. The first kappa shape index (κ1) is 36.8. The number of carboxylic acids is 1. The molecule has 1 fully saturated rings. The Bertz CT molecular complexity index is 1710. The van der Waals surface area contributed by atoms with E-state index in [0.29, 0.717) is 4.57 Å². The van der Waals surface area contributed by atoms with Gasteiger partial charge in [-0.15, -0.1) is 0 Å². The highest BCUT2D eigenvalue weighted by Crippen LogP contribution is 2.71. The van der Waals surface area contributed by atoms with E-state index in [0.717, 1.165) is 12.3 Å². The Morgan fingerprint density at radius 2 is 1.51 bits per heavy atom. The number of nitrogens with one attached hydrogen (secondary N) is 1. The molecule has 3 rings (SSSR count). The number of carbonyl (C=O) groups is 2. The molecular formula is C19H24N2O20P4. The zero-order chi connectivity index (χ0) is 33.8. The molecule has 45 heavy (non-hydrogen) atoms. The molecule has 1 saturated heterocycles. The SMILES string of the molecule is O=C(O)CCP(=O)(O)OP(=O)(O)OP(=O)(O)OP(=O)(O)OC[C@H]1O[C@@H](n2ccc(=O)[nH]c2=O)C(OC(=O)c2ccccc2)C1O. The predicted octanol–water partition coefficient (Wildman–Crippen LogP) is 0.0482. The maximum Gasteiger partial charge on any atom is 0.490 e. The summed E-state index contributed by atoms with van der Waals surface area (Å²) in [5.74, 6) is -2.61. The van der Waals surface area contributed by atoms with E-state index in [1.165, 1.54) is 24.3 Å². The molecule has 0 spiro atoms. The fourth-order valence-corrected chi connectivity index (χ4v) is 9.00. The molecule has 2 aromatic rings. The van der Waals surface area contributed by atoms with Crippen LogP contribution in [0.2, 0.25) is 0 Å². The molecule has 8 atom stereocenters. The Morgan fingerprint density at radius 1 is 0.911 bits per heavy atom. The maximum absolute atomic E-state index is 12.7. The van der Waals surface area contributed by atoms with Gasteiger partial charge in [-0.2, -0.15) is 8.62 Å². The highest BCUT2D eigenvalue weighted by Gasteiger charge is 2.50. The first-order chi connectivity index (χ1) is 20.7. The number of aliphatic carboxylic acids is 1. The van der Waals surface area contributed by atoms with Gasteiger partial charge < -0.3 is 39.3 Å². The van der Waals surface area contributed by atoms with Crippen LogP contribution >= 0.6 is 31.1 Å². The maximum atomic E-state index is 12.7. The normalized spacial score (nSPS) is 25.3. The van der Waals surface area contributed by atoms with E-state index in [2.05, 4.69) is 17.5 Å². The summed E-state index contributed by atoms with van der Waals surface area (Å²) in [6.07, 6.45) is -8.43. The largest absolute Gasteiger partial charge is 0.490 e. The highest BCUT2D eigenvalue weighted by molar-refractivity contribution is 7.70. The van der Waals surface area contributed by atoms with Gasteiger partial charge in [0.25, 0.3) is 5.56 Å². The van der Waals surface area contributed by atoms with Crippen molar-refractivity contribution >= 4 is 43.0 Å². The molecule has 22 nitrogen and oxygen atoms in total. The van der Waals surface area contributed by atoms with Crippen molar-refractivity contribution in [2.45, 2.75) is 31.0 Å². The topological polar surface area (TPSA) is 334 Å². The molecule has 2 heterocycles. The molecule has 1 aromatic carbocycles.